The Bertz CT molecular complexity index is 854. The summed E-state index contributed by atoms with van der Waals surface area (Å²) in [7, 11) is 0. The summed E-state index contributed by atoms with van der Waals surface area (Å²) in [6.07, 6.45) is 5.51. The van der Waals surface area contributed by atoms with E-state index in [0.717, 1.165) is 5.56 Å². The summed E-state index contributed by atoms with van der Waals surface area (Å²) in [6, 6.07) is 8.85. The number of hydrogen-bond donors (Lipinski definition) is 1. The molecule has 3 rings (SSSR count). The monoisotopic (exact) mass is 439 g/mol. The van der Waals surface area contributed by atoms with Crippen LogP contribution < -0.4 is 5.32 Å². The number of carbonyl (C=O) groups is 4. The minimum Gasteiger partial charge on any atom is -0.352 e. The van der Waals surface area contributed by atoms with Crippen molar-refractivity contribution in [1.82, 2.24) is 15.1 Å². The molecule has 0 saturated carbocycles. The van der Waals surface area contributed by atoms with Gasteiger partial charge in [0.05, 0.1) is 11.8 Å². The van der Waals surface area contributed by atoms with E-state index in [1.165, 1.54) is 4.90 Å². The fraction of sp³-hybridized carbons (Fsp3) is 0.520. The Balaban J connectivity index is 1.73. The second-order valence-corrected chi connectivity index (χ2v) is 8.83. The van der Waals surface area contributed by atoms with Gasteiger partial charge in [-0.15, -0.1) is 0 Å². The molecule has 172 valence electrons. The second-order valence-electron chi connectivity index (χ2n) is 8.83. The van der Waals surface area contributed by atoms with E-state index in [4.69, 9.17) is 0 Å². The quantitative estimate of drug-likeness (QED) is 0.473. The molecular weight excluding hydrogens is 406 g/mol. The standard InChI is InChI=1S/C25H33N3O4/c1-4-21(23(30)26-17(2)3)28(16-18-10-6-5-7-11-18)22(29)14-15-27-24(31)19-12-8-9-13-20(19)25(27)32/h5-11,17,19-21H,4,12-16H2,1-3H3,(H,26,30)/t19-,20+,21-/m0/s1. The maximum absolute atomic E-state index is 13.3. The lowest BCUT2D eigenvalue weighted by Gasteiger charge is -2.31. The normalized spacial score (nSPS) is 20.9. The Morgan fingerprint density at radius 1 is 1.06 bits per heavy atom. The van der Waals surface area contributed by atoms with Crippen LogP contribution in [0.2, 0.25) is 0 Å². The van der Waals surface area contributed by atoms with Crippen LogP contribution in [-0.4, -0.2) is 52.1 Å². The number of fused-ring (bicyclic) bond motifs is 1. The lowest BCUT2D eigenvalue weighted by Crippen LogP contribution is -2.51. The highest BCUT2D eigenvalue weighted by Crippen LogP contribution is 2.35. The highest BCUT2D eigenvalue weighted by atomic mass is 16.2. The van der Waals surface area contributed by atoms with Crippen LogP contribution in [0.1, 0.15) is 52.0 Å². The summed E-state index contributed by atoms with van der Waals surface area (Å²) in [5.74, 6) is -1.41. The van der Waals surface area contributed by atoms with E-state index >= 15 is 0 Å². The van der Waals surface area contributed by atoms with E-state index in [2.05, 4.69) is 5.32 Å². The third kappa shape index (κ3) is 5.26. The van der Waals surface area contributed by atoms with Gasteiger partial charge < -0.3 is 10.2 Å². The van der Waals surface area contributed by atoms with Gasteiger partial charge in [0.15, 0.2) is 0 Å². The van der Waals surface area contributed by atoms with Gasteiger partial charge in [-0.3, -0.25) is 24.1 Å². The van der Waals surface area contributed by atoms with Crippen molar-refractivity contribution >= 4 is 23.6 Å². The predicted octanol–water partition coefficient (Wildman–Crippen LogP) is 2.66. The molecule has 0 aromatic heterocycles. The van der Waals surface area contributed by atoms with Gasteiger partial charge in [-0.25, -0.2) is 0 Å². The molecule has 7 nitrogen and oxygen atoms in total. The number of likely N-dealkylation sites (tertiary alicyclic amines) is 1. The van der Waals surface area contributed by atoms with Gasteiger partial charge in [-0.2, -0.15) is 0 Å². The van der Waals surface area contributed by atoms with Gasteiger partial charge >= 0.3 is 0 Å². The largest absolute Gasteiger partial charge is 0.352 e. The lowest BCUT2D eigenvalue weighted by molar-refractivity contribution is -0.144. The van der Waals surface area contributed by atoms with Crippen LogP contribution in [0.3, 0.4) is 0 Å². The zero-order valence-electron chi connectivity index (χ0n) is 19.1. The first kappa shape index (κ1) is 23.7. The van der Waals surface area contributed by atoms with Crippen LogP contribution in [0.15, 0.2) is 42.5 Å². The van der Waals surface area contributed by atoms with Crippen LogP contribution in [0.5, 0.6) is 0 Å². The Labute approximate surface area is 189 Å². The molecule has 1 aliphatic carbocycles. The number of allylic oxidation sites excluding steroid dienone is 2. The zero-order chi connectivity index (χ0) is 23.3. The van der Waals surface area contributed by atoms with Crippen molar-refractivity contribution in [3.05, 3.63) is 48.0 Å². The van der Waals surface area contributed by atoms with E-state index in [-0.39, 0.29) is 54.5 Å². The molecule has 1 fully saturated rings. The van der Waals surface area contributed by atoms with Crippen molar-refractivity contribution in [2.24, 2.45) is 11.8 Å². The van der Waals surface area contributed by atoms with E-state index in [1.54, 1.807) is 4.90 Å². The fourth-order valence-electron chi connectivity index (χ4n) is 4.52. The Morgan fingerprint density at radius 3 is 2.19 bits per heavy atom. The van der Waals surface area contributed by atoms with Gasteiger partial charge in [-0.1, -0.05) is 49.4 Å². The smallest absolute Gasteiger partial charge is 0.243 e. The van der Waals surface area contributed by atoms with Crippen LogP contribution >= 0.6 is 0 Å². The van der Waals surface area contributed by atoms with Gasteiger partial charge in [0, 0.05) is 25.6 Å². The summed E-state index contributed by atoms with van der Waals surface area (Å²) in [6.45, 7) is 5.98. The summed E-state index contributed by atoms with van der Waals surface area (Å²) >= 11 is 0. The van der Waals surface area contributed by atoms with Crippen LogP contribution in [-0.2, 0) is 25.7 Å². The molecule has 0 radical (unpaired) electrons. The van der Waals surface area contributed by atoms with Crippen molar-refractivity contribution in [2.75, 3.05) is 6.54 Å². The number of rotatable bonds is 9. The summed E-state index contributed by atoms with van der Waals surface area (Å²) in [4.78, 5) is 54.4. The van der Waals surface area contributed by atoms with Crippen molar-refractivity contribution in [1.29, 1.82) is 0 Å². The van der Waals surface area contributed by atoms with E-state index in [1.807, 2.05) is 63.3 Å². The van der Waals surface area contributed by atoms with Crippen molar-refractivity contribution < 1.29 is 19.2 Å². The highest BCUT2D eigenvalue weighted by Gasteiger charge is 2.47. The summed E-state index contributed by atoms with van der Waals surface area (Å²) < 4.78 is 0. The van der Waals surface area contributed by atoms with Crippen LogP contribution in [0.4, 0.5) is 0 Å². The fourth-order valence-corrected chi connectivity index (χ4v) is 4.52. The van der Waals surface area contributed by atoms with E-state index in [9.17, 15) is 19.2 Å². The molecule has 0 bridgehead atoms. The average Bonchev–Trinajstić information content (AvgIpc) is 3.02. The molecule has 1 aliphatic heterocycles. The molecule has 1 N–H and O–H groups in total. The van der Waals surface area contributed by atoms with Gasteiger partial charge in [0.1, 0.15) is 6.04 Å². The number of nitrogens with zero attached hydrogens (tertiary/aromatic N) is 2. The molecule has 1 aromatic carbocycles. The molecule has 0 spiro atoms. The number of amides is 4. The molecule has 32 heavy (non-hydrogen) atoms. The molecule has 2 aliphatic rings. The van der Waals surface area contributed by atoms with Gasteiger partial charge in [-0.05, 0) is 38.7 Å². The maximum atomic E-state index is 13.3. The SMILES string of the molecule is CC[C@@H](C(=O)NC(C)C)N(Cc1ccccc1)C(=O)CCN1C(=O)[C@H]2CC=CC[C@H]2C1=O. The minimum atomic E-state index is -0.623. The maximum Gasteiger partial charge on any atom is 0.243 e. The van der Waals surface area contributed by atoms with E-state index in [0.29, 0.717) is 25.8 Å². The Morgan fingerprint density at radius 2 is 1.66 bits per heavy atom. The molecule has 7 heteroatoms. The topological polar surface area (TPSA) is 86.8 Å². The second kappa shape index (κ2) is 10.6. The highest BCUT2D eigenvalue weighted by molar-refractivity contribution is 6.05. The van der Waals surface area contributed by atoms with Crippen molar-refractivity contribution in [3.8, 4) is 0 Å². The van der Waals surface area contributed by atoms with Crippen LogP contribution in [0, 0.1) is 11.8 Å². The molecule has 1 aromatic rings. The molecule has 1 saturated heterocycles. The minimum absolute atomic E-state index is 0.00262. The number of imide groups is 1. The predicted molar refractivity (Wildman–Crippen MR) is 121 cm³/mol. The van der Waals surface area contributed by atoms with Gasteiger partial charge in [0.25, 0.3) is 0 Å². The van der Waals surface area contributed by atoms with Gasteiger partial charge in [0.2, 0.25) is 23.6 Å². The molecule has 0 unspecified atom stereocenters. The zero-order valence-corrected chi connectivity index (χ0v) is 19.1. The first-order chi connectivity index (χ1) is 15.3. The molecule has 3 atom stereocenters. The number of nitrogens with one attached hydrogen (secondary N) is 1. The third-order valence-corrected chi connectivity index (χ3v) is 6.16. The first-order valence-electron chi connectivity index (χ1n) is 11.5. The average molecular weight is 440 g/mol. The molecule has 4 amide bonds. The summed E-state index contributed by atoms with van der Waals surface area (Å²) in [5.41, 5.74) is 0.919. The van der Waals surface area contributed by atoms with Crippen LogP contribution in [0.25, 0.3) is 0 Å². The third-order valence-electron chi connectivity index (χ3n) is 6.16. The number of carbonyl (C=O) groups excluding carboxylic acids is 4. The Hall–Kier alpha value is -2.96. The van der Waals surface area contributed by atoms with Crippen molar-refractivity contribution in [3.63, 3.8) is 0 Å². The van der Waals surface area contributed by atoms with Crippen molar-refractivity contribution in [2.45, 2.75) is 65.1 Å². The Kier molecular flexibility index (Phi) is 7.83. The first-order valence-corrected chi connectivity index (χ1v) is 11.5. The summed E-state index contributed by atoms with van der Waals surface area (Å²) in [5, 5.41) is 2.90. The molecular formula is C25H33N3O4. The lowest BCUT2D eigenvalue weighted by atomic mass is 9.85. The number of benzene rings is 1. The molecule has 1 heterocycles. The number of hydrogen-bond acceptors (Lipinski definition) is 4. The van der Waals surface area contributed by atoms with E-state index < -0.39 is 6.04 Å².